The summed E-state index contributed by atoms with van der Waals surface area (Å²) in [5, 5.41) is 9.10. The molecule has 0 heterocycles. The van der Waals surface area contributed by atoms with E-state index in [1.54, 1.807) is 17.0 Å². The van der Waals surface area contributed by atoms with Crippen LogP contribution in [0.4, 0.5) is 4.39 Å². The van der Waals surface area contributed by atoms with Crippen LogP contribution < -0.4 is 0 Å². The molecular formula is C14H17FN2O. The van der Waals surface area contributed by atoms with Crippen LogP contribution in [0.25, 0.3) is 0 Å². The average molecular weight is 248 g/mol. The van der Waals surface area contributed by atoms with Gasteiger partial charge in [0.1, 0.15) is 5.82 Å². The molecule has 96 valence electrons. The molecule has 0 aliphatic rings. The highest BCUT2D eigenvalue weighted by Crippen LogP contribution is 2.20. The Kier molecular flexibility index (Phi) is 5.31. The third kappa shape index (κ3) is 3.56. The second-order valence-electron chi connectivity index (χ2n) is 4.01. The van der Waals surface area contributed by atoms with E-state index >= 15 is 0 Å². The smallest absolute Gasteiger partial charge is 0.224 e. The van der Waals surface area contributed by atoms with Crippen LogP contribution in [-0.2, 0) is 4.79 Å². The van der Waals surface area contributed by atoms with Gasteiger partial charge in [0.25, 0.3) is 0 Å². The minimum Gasteiger partial charge on any atom is -0.343 e. The van der Waals surface area contributed by atoms with Crippen molar-refractivity contribution in [3.63, 3.8) is 0 Å². The lowest BCUT2D eigenvalue weighted by atomic mass is 9.96. The van der Waals surface area contributed by atoms with Crippen LogP contribution in [-0.4, -0.2) is 23.9 Å². The molecule has 0 bridgehead atoms. The summed E-state index contributed by atoms with van der Waals surface area (Å²) in [7, 11) is 0. The van der Waals surface area contributed by atoms with Crippen LogP contribution >= 0.6 is 0 Å². The fraction of sp³-hybridized carbons (Fsp3) is 0.429. The molecule has 1 aromatic rings. The number of amides is 1. The summed E-state index contributed by atoms with van der Waals surface area (Å²) in [6.07, 6.45) is 0.0988. The van der Waals surface area contributed by atoms with Crippen molar-refractivity contribution in [2.45, 2.75) is 26.2 Å². The lowest BCUT2D eigenvalue weighted by molar-refractivity contribution is -0.130. The number of hydrogen-bond acceptors (Lipinski definition) is 2. The van der Waals surface area contributed by atoms with E-state index < -0.39 is 5.92 Å². The molecule has 0 aromatic heterocycles. The monoisotopic (exact) mass is 248 g/mol. The molecule has 0 aliphatic heterocycles. The van der Waals surface area contributed by atoms with E-state index in [4.69, 9.17) is 5.26 Å². The minimum absolute atomic E-state index is 0.0733. The third-order valence-corrected chi connectivity index (χ3v) is 2.90. The zero-order valence-corrected chi connectivity index (χ0v) is 10.7. The predicted octanol–water partition coefficient (Wildman–Crippen LogP) is 2.69. The van der Waals surface area contributed by atoms with E-state index in [9.17, 15) is 9.18 Å². The Morgan fingerprint density at radius 3 is 2.61 bits per heavy atom. The number of nitriles is 1. The number of carbonyl (C=O) groups excluding carboxylic acids is 1. The maximum atomic E-state index is 13.1. The molecule has 0 radical (unpaired) electrons. The molecule has 18 heavy (non-hydrogen) atoms. The summed E-state index contributed by atoms with van der Waals surface area (Å²) < 4.78 is 13.1. The highest BCUT2D eigenvalue weighted by molar-refractivity contribution is 5.77. The number of benzene rings is 1. The maximum absolute atomic E-state index is 13.1. The lowest BCUT2D eigenvalue weighted by Crippen LogP contribution is -2.31. The van der Waals surface area contributed by atoms with Crippen molar-refractivity contribution >= 4 is 5.91 Å². The summed E-state index contributed by atoms with van der Waals surface area (Å²) in [6.45, 7) is 5.03. The van der Waals surface area contributed by atoms with Crippen LogP contribution in [0, 0.1) is 17.1 Å². The normalized spacial score (nSPS) is 11.7. The summed E-state index contributed by atoms with van der Waals surface area (Å²) in [5.41, 5.74) is 0.554. The van der Waals surface area contributed by atoms with Gasteiger partial charge in [-0.05, 0) is 31.5 Å². The molecule has 0 spiro atoms. The van der Waals surface area contributed by atoms with Crippen molar-refractivity contribution in [1.29, 1.82) is 5.26 Å². The van der Waals surface area contributed by atoms with Gasteiger partial charge in [-0.15, -0.1) is 0 Å². The van der Waals surface area contributed by atoms with Crippen molar-refractivity contribution in [3.8, 4) is 6.07 Å². The number of carbonyl (C=O) groups is 1. The van der Waals surface area contributed by atoms with E-state index in [0.717, 1.165) is 0 Å². The van der Waals surface area contributed by atoms with E-state index in [1.807, 2.05) is 13.8 Å². The van der Waals surface area contributed by atoms with E-state index in [1.165, 1.54) is 12.1 Å². The van der Waals surface area contributed by atoms with Gasteiger partial charge in [-0.25, -0.2) is 4.39 Å². The largest absolute Gasteiger partial charge is 0.343 e. The van der Waals surface area contributed by atoms with Crippen LogP contribution in [0.1, 0.15) is 31.7 Å². The van der Waals surface area contributed by atoms with E-state index in [-0.39, 0.29) is 18.1 Å². The highest BCUT2D eigenvalue weighted by Gasteiger charge is 2.19. The van der Waals surface area contributed by atoms with E-state index in [0.29, 0.717) is 18.7 Å². The number of rotatable bonds is 5. The zero-order chi connectivity index (χ0) is 13.5. The van der Waals surface area contributed by atoms with Gasteiger partial charge >= 0.3 is 0 Å². The van der Waals surface area contributed by atoms with Gasteiger partial charge in [0.2, 0.25) is 5.91 Å². The average Bonchev–Trinajstić information content (AvgIpc) is 2.37. The summed E-state index contributed by atoms with van der Waals surface area (Å²) in [4.78, 5) is 13.6. The molecule has 4 heteroatoms. The third-order valence-electron chi connectivity index (χ3n) is 2.90. The first-order chi connectivity index (χ1) is 8.62. The first kappa shape index (κ1) is 14.2. The van der Waals surface area contributed by atoms with Gasteiger partial charge in [0.15, 0.2) is 0 Å². The van der Waals surface area contributed by atoms with Crippen LogP contribution in [0.15, 0.2) is 24.3 Å². The summed E-state index contributed by atoms with van der Waals surface area (Å²) in [5.74, 6) is -1.05. The Labute approximate surface area is 107 Å². The lowest BCUT2D eigenvalue weighted by Gasteiger charge is -2.20. The molecule has 1 unspecified atom stereocenters. The topological polar surface area (TPSA) is 44.1 Å². The number of nitrogens with zero attached hydrogens (tertiary/aromatic N) is 2. The minimum atomic E-state index is -0.589. The summed E-state index contributed by atoms with van der Waals surface area (Å²) >= 11 is 0. The van der Waals surface area contributed by atoms with Crippen molar-refractivity contribution in [1.82, 2.24) is 4.90 Å². The second-order valence-corrected chi connectivity index (χ2v) is 4.01. The number of hydrogen-bond donors (Lipinski definition) is 0. The van der Waals surface area contributed by atoms with Gasteiger partial charge in [0, 0.05) is 19.5 Å². The molecule has 3 nitrogen and oxygen atoms in total. The van der Waals surface area contributed by atoms with Crippen molar-refractivity contribution < 1.29 is 9.18 Å². The van der Waals surface area contributed by atoms with Crippen molar-refractivity contribution in [3.05, 3.63) is 35.6 Å². The molecule has 0 saturated heterocycles. The molecule has 1 rings (SSSR count). The fourth-order valence-corrected chi connectivity index (χ4v) is 1.84. The van der Waals surface area contributed by atoms with Crippen LogP contribution in [0.3, 0.4) is 0 Å². The van der Waals surface area contributed by atoms with Crippen LogP contribution in [0.2, 0.25) is 0 Å². The molecule has 0 aliphatic carbocycles. The Hall–Kier alpha value is -1.89. The molecule has 0 fully saturated rings. The summed E-state index contributed by atoms with van der Waals surface area (Å²) in [6, 6.07) is 7.92. The quantitative estimate of drug-likeness (QED) is 0.804. The Morgan fingerprint density at radius 1 is 1.44 bits per heavy atom. The molecule has 1 amide bonds. The highest BCUT2D eigenvalue weighted by atomic mass is 19.1. The second kappa shape index (κ2) is 6.75. The van der Waals surface area contributed by atoms with Crippen molar-refractivity contribution in [2.24, 2.45) is 0 Å². The van der Waals surface area contributed by atoms with Gasteiger partial charge in [-0.3, -0.25) is 4.79 Å². The first-order valence-corrected chi connectivity index (χ1v) is 6.05. The van der Waals surface area contributed by atoms with E-state index in [2.05, 4.69) is 6.07 Å². The van der Waals surface area contributed by atoms with Crippen LogP contribution in [0.5, 0.6) is 0 Å². The maximum Gasteiger partial charge on any atom is 0.224 e. The molecular weight excluding hydrogens is 231 g/mol. The molecule has 1 aromatic carbocycles. The fourth-order valence-electron chi connectivity index (χ4n) is 1.84. The Balaban J connectivity index is 2.80. The zero-order valence-electron chi connectivity index (χ0n) is 10.7. The SMILES string of the molecule is CCN(CC)C(=O)CC(C#N)c1cccc(F)c1. The Morgan fingerprint density at radius 2 is 2.11 bits per heavy atom. The Bertz CT molecular complexity index is 449. The van der Waals surface area contributed by atoms with Gasteiger partial charge in [-0.1, -0.05) is 12.1 Å². The molecule has 1 atom stereocenters. The molecule has 0 N–H and O–H groups in total. The molecule has 0 saturated carbocycles. The van der Waals surface area contributed by atoms with Crippen molar-refractivity contribution in [2.75, 3.05) is 13.1 Å². The standard InChI is InChI=1S/C14H17FN2O/c1-3-17(4-2)14(18)9-12(10-16)11-6-5-7-13(15)8-11/h5-8,12H,3-4,9H2,1-2H3. The number of halogens is 1. The van der Waals surface area contributed by atoms with Gasteiger partial charge in [0.05, 0.1) is 12.0 Å². The first-order valence-electron chi connectivity index (χ1n) is 6.05. The van der Waals surface area contributed by atoms with Gasteiger partial charge in [-0.2, -0.15) is 5.26 Å². The predicted molar refractivity (Wildman–Crippen MR) is 67.3 cm³/mol. The van der Waals surface area contributed by atoms with Gasteiger partial charge < -0.3 is 4.90 Å².